The van der Waals surface area contributed by atoms with E-state index < -0.39 is 0 Å². The maximum absolute atomic E-state index is 3.06. The predicted octanol–water partition coefficient (Wildman–Crippen LogP) is 3.83. The summed E-state index contributed by atoms with van der Waals surface area (Å²) in [5, 5.41) is 0.663. The van der Waals surface area contributed by atoms with Gasteiger partial charge in [-0.3, -0.25) is 0 Å². The molecule has 0 atom stereocenters. The molecule has 0 amide bonds. The fraction of sp³-hybridized carbons (Fsp3) is 0.333. The topological polar surface area (TPSA) is 0 Å². The monoisotopic (exact) mass is 294 g/mol. The predicted molar refractivity (Wildman–Crippen MR) is 55.2 cm³/mol. The molecular formula is C9H11BrSZn. The zero-order valence-electron chi connectivity index (χ0n) is 7.38. The fourth-order valence-electron chi connectivity index (χ4n) is 0.722. The van der Waals surface area contributed by atoms with Crippen molar-refractivity contribution in [3.63, 3.8) is 0 Å². The van der Waals surface area contributed by atoms with Crippen LogP contribution in [0.2, 0.25) is 0 Å². The Morgan fingerprint density at radius 2 is 2.17 bits per heavy atom. The molecule has 0 bridgehead atoms. The van der Waals surface area contributed by atoms with Crippen molar-refractivity contribution in [1.29, 1.82) is 0 Å². The van der Waals surface area contributed by atoms with Crippen LogP contribution in [0.1, 0.15) is 13.8 Å². The standard InChI is InChI=1S/C9H11S.BrH.Zn/c1-8(2)10-9-6-4-3-5-7-9;;/h3-4,6-8H,1-2H3;1H;/q-1;;+2/p-1. The number of rotatable bonds is 2. The van der Waals surface area contributed by atoms with Gasteiger partial charge in [0, 0.05) is 0 Å². The third kappa shape index (κ3) is 6.22. The van der Waals surface area contributed by atoms with Crippen molar-refractivity contribution >= 4 is 25.4 Å². The van der Waals surface area contributed by atoms with Crippen LogP contribution in [0.4, 0.5) is 0 Å². The average molecular weight is 297 g/mol. The van der Waals surface area contributed by atoms with E-state index in [0.29, 0.717) is 5.25 Å². The average Bonchev–Trinajstić information content (AvgIpc) is 2.08. The molecule has 0 unspecified atom stereocenters. The van der Waals surface area contributed by atoms with Crippen molar-refractivity contribution in [2.75, 3.05) is 0 Å². The number of halogens is 1. The molecule has 0 aliphatic carbocycles. The Morgan fingerprint density at radius 3 is 2.58 bits per heavy atom. The van der Waals surface area contributed by atoms with E-state index in [1.165, 1.54) is 21.2 Å². The van der Waals surface area contributed by atoms with Crippen LogP contribution in [0, 0.1) is 6.07 Å². The van der Waals surface area contributed by atoms with Crippen molar-refractivity contribution in [3.05, 3.63) is 30.3 Å². The van der Waals surface area contributed by atoms with Gasteiger partial charge in [-0.2, -0.15) is 42.1 Å². The van der Waals surface area contributed by atoms with Crippen LogP contribution < -0.4 is 0 Å². The van der Waals surface area contributed by atoms with Crippen molar-refractivity contribution in [1.82, 2.24) is 0 Å². The zero-order valence-corrected chi connectivity index (χ0v) is 12.7. The molecule has 62 valence electrons. The van der Waals surface area contributed by atoms with Gasteiger partial charge in [0.15, 0.2) is 0 Å². The molecule has 3 heteroatoms. The first-order valence-electron chi connectivity index (χ1n) is 3.68. The summed E-state index contributed by atoms with van der Waals surface area (Å²) in [6.45, 7) is 4.38. The summed E-state index contributed by atoms with van der Waals surface area (Å²) in [6.07, 6.45) is 0. The van der Waals surface area contributed by atoms with Gasteiger partial charge in [0.25, 0.3) is 0 Å². The van der Waals surface area contributed by atoms with Crippen molar-refractivity contribution < 1.29 is 16.3 Å². The molecule has 0 saturated heterocycles. The second-order valence-corrected chi connectivity index (χ2v) is 4.06. The quantitative estimate of drug-likeness (QED) is 0.454. The second kappa shape index (κ2) is 8.28. The molecule has 0 heterocycles. The first-order chi connectivity index (χ1) is 5.79. The molecule has 1 aromatic rings. The number of hydrogen-bond donors (Lipinski definition) is 0. The summed E-state index contributed by atoms with van der Waals surface area (Å²) in [4.78, 5) is 1.30. The van der Waals surface area contributed by atoms with Gasteiger partial charge in [0.05, 0.1) is 0 Å². The Labute approximate surface area is 95.6 Å². The van der Waals surface area contributed by atoms with Gasteiger partial charge in [-0.05, 0) is 5.25 Å². The van der Waals surface area contributed by atoms with Gasteiger partial charge < -0.3 is 0 Å². The third-order valence-corrected chi connectivity index (χ3v) is 2.05. The molecule has 1 rings (SSSR count). The van der Waals surface area contributed by atoms with E-state index in [1.54, 1.807) is 0 Å². The van der Waals surface area contributed by atoms with Crippen LogP contribution in [0.15, 0.2) is 29.2 Å². The summed E-state index contributed by atoms with van der Waals surface area (Å²) < 4.78 is 0. The van der Waals surface area contributed by atoms with Gasteiger partial charge in [-0.15, -0.1) is 4.90 Å². The Kier molecular flexibility index (Phi) is 8.74. The number of benzene rings is 1. The summed E-state index contributed by atoms with van der Waals surface area (Å²) in [6, 6.07) is 11.1. The van der Waals surface area contributed by atoms with Crippen LogP contribution in [-0.4, -0.2) is 5.25 Å². The summed E-state index contributed by atoms with van der Waals surface area (Å²) in [5.74, 6) is 0. The third-order valence-electron chi connectivity index (χ3n) is 1.05. The molecule has 1 aromatic carbocycles. The number of hydrogen-bond acceptors (Lipinski definition) is 1. The summed E-state index contributed by atoms with van der Waals surface area (Å²) in [5.41, 5.74) is 0. The number of thioether (sulfide) groups is 1. The Bertz CT molecular complexity index is 189. The molecule has 0 spiro atoms. The molecule has 0 radical (unpaired) electrons. The molecule has 0 fully saturated rings. The zero-order chi connectivity index (χ0) is 9.40. The minimum atomic E-state index is 0.663. The van der Waals surface area contributed by atoms with Gasteiger partial charge in [-0.1, -0.05) is 13.8 Å². The Balaban J connectivity index is 0.000000561. The van der Waals surface area contributed by atoms with E-state index in [0.717, 1.165) is 0 Å². The second-order valence-electron chi connectivity index (χ2n) is 2.41. The van der Waals surface area contributed by atoms with Gasteiger partial charge in [0.1, 0.15) is 0 Å². The SMILES string of the molecule is CC(C)Sc1c[c-]ccc1.[Zn+][Br]. The van der Waals surface area contributed by atoms with Crippen molar-refractivity contribution in [3.8, 4) is 0 Å². The molecule has 0 N–H and O–H groups in total. The first-order valence-corrected chi connectivity index (χ1v) is 11.5. The maximum atomic E-state index is 3.06. The van der Waals surface area contributed by atoms with Crippen molar-refractivity contribution in [2.24, 2.45) is 0 Å². The molecule has 0 aliphatic heterocycles. The molecular weight excluding hydrogens is 285 g/mol. The summed E-state index contributed by atoms with van der Waals surface area (Å²) in [7, 11) is 0. The summed E-state index contributed by atoms with van der Waals surface area (Å²) >= 11 is 6.12. The minimum absolute atomic E-state index is 0.663. The van der Waals surface area contributed by atoms with Crippen LogP contribution in [0.5, 0.6) is 0 Å². The molecule has 0 aliphatic rings. The van der Waals surface area contributed by atoms with E-state index in [-0.39, 0.29) is 0 Å². The van der Waals surface area contributed by atoms with Crippen LogP contribution in [-0.2, 0) is 16.3 Å². The van der Waals surface area contributed by atoms with Crippen LogP contribution >= 0.6 is 25.4 Å². The Hall–Kier alpha value is 0.673. The fourth-order valence-corrected chi connectivity index (χ4v) is 1.56. The first kappa shape index (κ1) is 12.7. The Morgan fingerprint density at radius 1 is 1.50 bits per heavy atom. The normalized spacial score (nSPS) is 9.17. The van der Waals surface area contributed by atoms with Crippen molar-refractivity contribution in [2.45, 2.75) is 24.0 Å². The molecule has 0 nitrogen and oxygen atoms in total. The molecule has 0 saturated carbocycles. The van der Waals surface area contributed by atoms with E-state index in [2.05, 4.69) is 39.6 Å². The van der Waals surface area contributed by atoms with E-state index >= 15 is 0 Å². The van der Waals surface area contributed by atoms with E-state index in [9.17, 15) is 0 Å². The van der Waals surface area contributed by atoms with Crippen LogP contribution in [0.25, 0.3) is 0 Å². The van der Waals surface area contributed by atoms with Gasteiger partial charge in [0.2, 0.25) is 0 Å². The van der Waals surface area contributed by atoms with E-state index in [4.69, 9.17) is 0 Å². The van der Waals surface area contributed by atoms with E-state index in [1.807, 2.05) is 30.0 Å². The molecule has 12 heavy (non-hydrogen) atoms. The van der Waals surface area contributed by atoms with Gasteiger partial charge >= 0.3 is 30.0 Å². The van der Waals surface area contributed by atoms with Crippen LogP contribution in [0.3, 0.4) is 0 Å². The van der Waals surface area contributed by atoms with Gasteiger partial charge in [-0.25, -0.2) is 0 Å². The molecule has 0 aromatic heterocycles.